The SMILES string of the molecule is N#CC1(c2ccc(NCC3C[C@@H]3CO)cc2)CC1. The highest BCUT2D eigenvalue weighted by molar-refractivity contribution is 5.49. The van der Waals surface area contributed by atoms with Gasteiger partial charge in [-0.25, -0.2) is 0 Å². The Morgan fingerprint density at radius 1 is 1.28 bits per heavy atom. The lowest BCUT2D eigenvalue weighted by molar-refractivity contribution is 0.270. The number of hydrogen-bond acceptors (Lipinski definition) is 3. The summed E-state index contributed by atoms with van der Waals surface area (Å²) < 4.78 is 0. The number of nitrogens with one attached hydrogen (secondary N) is 1. The van der Waals surface area contributed by atoms with Crippen LogP contribution in [0.15, 0.2) is 24.3 Å². The molecule has 18 heavy (non-hydrogen) atoms. The zero-order valence-corrected chi connectivity index (χ0v) is 10.4. The van der Waals surface area contributed by atoms with Crippen LogP contribution in [0.3, 0.4) is 0 Å². The molecule has 0 spiro atoms. The van der Waals surface area contributed by atoms with Gasteiger partial charge in [-0.1, -0.05) is 12.1 Å². The van der Waals surface area contributed by atoms with Gasteiger partial charge in [-0.2, -0.15) is 5.26 Å². The fourth-order valence-electron chi connectivity index (χ4n) is 2.53. The average molecular weight is 242 g/mol. The Kier molecular flexibility index (Phi) is 2.76. The Morgan fingerprint density at radius 2 is 2.00 bits per heavy atom. The van der Waals surface area contributed by atoms with Crippen molar-refractivity contribution in [1.82, 2.24) is 0 Å². The first kappa shape index (κ1) is 11.6. The Hall–Kier alpha value is -1.53. The molecule has 3 rings (SSSR count). The van der Waals surface area contributed by atoms with Crippen molar-refractivity contribution < 1.29 is 5.11 Å². The summed E-state index contributed by atoms with van der Waals surface area (Å²) in [4.78, 5) is 0. The monoisotopic (exact) mass is 242 g/mol. The number of nitriles is 1. The van der Waals surface area contributed by atoms with Crippen LogP contribution in [-0.2, 0) is 5.41 Å². The van der Waals surface area contributed by atoms with Gasteiger partial charge in [-0.05, 0) is 48.8 Å². The molecule has 1 unspecified atom stereocenters. The van der Waals surface area contributed by atoms with Crippen molar-refractivity contribution >= 4 is 5.69 Å². The molecule has 2 aliphatic rings. The number of hydrogen-bond donors (Lipinski definition) is 2. The third-order valence-electron chi connectivity index (χ3n) is 4.27. The van der Waals surface area contributed by atoms with Gasteiger partial charge < -0.3 is 10.4 Å². The van der Waals surface area contributed by atoms with Crippen LogP contribution in [0.1, 0.15) is 24.8 Å². The van der Waals surface area contributed by atoms with E-state index in [1.165, 1.54) is 0 Å². The van der Waals surface area contributed by atoms with Gasteiger partial charge in [0.05, 0.1) is 11.5 Å². The Bertz CT molecular complexity index is 470. The first-order valence-electron chi connectivity index (χ1n) is 6.64. The molecule has 1 aromatic rings. The van der Waals surface area contributed by atoms with Crippen LogP contribution >= 0.6 is 0 Å². The largest absolute Gasteiger partial charge is 0.396 e. The van der Waals surface area contributed by atoms with E-state index in [0.717, 1.165) is 37.1 Å². The van der Waals surface area contributed by atoms with Crippen LogP contribution in [0.2, 0.25) is 0 Å². The van der Waals surface area contributed by atoms with Gasteiger partial charge in [0.1, 0.15) is 0 Å². The van der Waals surface area contributed by atoms with Crippen LogP contribution in [0.5, 0.6) is 0 Å². The molecule has 0 aromatic heterocycles. The highest BCUT2D eigenvalue weighted by Gasteiger charge is 2.44. The molecule has 3 nitrogen and oxygen atoms in total. The van der Waals surface area contributed by atoms with E-state index in [2.05, 4.69) is 35.7 Å². The molecule has 0 radical (unpaired) electrons. The smallest absolute Gasteiger partial charge is 0.0823 e. The molecular weight excluding hydrogens is 224 g/mol. The minimum Gasteiger partial charge on any atom is -0.396 e. The number of anilines is 1. The molecule has 0 bridgehead atoms. The van der Waals surface area contributed by atoms with Crippen LogP contribution in [-0.4, -0.2) is 18.3 Å². The van der Waals surface area contributed by atoms with Crippen molar-refractivity contribution in [2.75, 3.05) is 18.5 Å². The highest BCUT2D eigenvalue weighted by Crippen LogP contribution is 2.47. The topological polar surface area (TPSA) is 56.0 Å². The first-order valence-corrected chi connectivity index (χ1v) is 6.64. The first-order chi connectivity index (χ1) is 8.77. The summed E-state index contributed by atoms with van der Waals surface area (Å²) in [6.45, 7) is 1.25. The van der Waals surface area contributed by atoms with Gasteiger partial charge in [0.15, 0.2) is 0 Å². The molecule has 0 heterocycles. The van der Waals surface area contributed by atoms with Gasteiger partial charge in [0.25, 0.3) is 0 Å². The zero-order valence-electron chi connectivity index (χ0n) is 10.4. The Balaban J connectivity index is 1.57. The molecule has 1 aromatic carbocycles. The van der Waals surface area contributed by atoms with Crippen molar-refractivity contribution in [3.63, 3.8) is 0 Å². The molecule has 3 heteroatoms. The fraction of sp³-hybridized carbons (Fsp3) is 0.533. The number of nitrogens with zero attached hydrogens (tertiary/aromatic N) is 1. The van der Waals surface area contributed by atoms with E-state index in [0.29, 0.717) is 18.4 Å². The van der Waals surface area contributed by atoms with E-state index in [-0.39, 0.29) is 5.41 Å². The molecule has 0 amide bonds. The minimum atomic E-state index is -0.184. The van der Waals surface area contributed by atoms with Crippen LogP contribution < -0.4 is 5.32 Å². The number of aliphatic hydroxyl groups is 1. The van der Waals surface area contributed by atoms with E-state index < -0.39 is 0 Å². The highest BCUT2D eigenvalue weighted by atomic mass is 16.3. The second kappa shape index (κ2) is 4.29. The fourth-order valence-corrected chi connectivity index (χ4v) is 2.53. The normalized spacial score (nSPS) is 27.3. The van der Waals surface area contributed by atoms with Crippen LogP contribution in [0, 0.1) is 23.2 Å². The second-order valence-electron chi connectivity index (χ2n) is 5.59. The van der Waals surface area contributed by atoms with Crippen molar-refractivity contribution in [2.45, 2.75) is 24.7 Å². The summed E-state index contributed by atoms with van der Waals surface area (Å²) >= 11 is 0. The lowest BCUT2D eigenvalue weighted by Gasteiger charge is -2.09. The maximum Gasteiger partial charge on any atom is 0.0823 e. The van der Waals surface area contributed by atoms with E-state index in [1.807, 2.05) is 0 Å². The molecule has 2 aliphatic carbocycles. The van der Waals surface area contributed by atoms with Crippen molar-refractivity contribution in [3.8, 4) is 6.07 Å². The van der Waals surface area contributed by atoms with Gasteiger partial charge in [0.2, 0.25) is 0 Å². The predicted octanol–water partition coefficient (Wildman–Crippen LogP) is 2.28. The number of benzene rings is 1. The molecule has 0 saturated heterocycles. The molecule has 2 saturated carbocycles. The Labute approximate surface area is 107 Å². The van der Waals surface area contributed by atoms with Crippen LogP contribution in [0.4, 0.5) is 5.69 Å². The molecule has 0 aliphatic heterocycles. The number of rotatable bonds is 5. The summed E-state index contributed by atoms with van der Waals surface area (Å²) in [6, 6.07) is 10.7. The van der Waals surface area contributed by atoms with Gasteiger partial charge in [-0.15, -0.1) is 0 Å². The number of aliphatic hydroxyl groups excluding tert-OH is 1. The maximum absolute atomic E-state index is 9.13. The van der Waals surface area contributed by atoms with E-state index in [4.69, 9.17) is 10.4 Å². The summed E-state index contributed by atoms with van der Waals surface area (Å²) in [7, 11) is 0. The lowest BCUT2D eigenvalue weighted by Crippen LogP contribution is -2.07. The van der Waals surface area contributed by atoms with E-state index >= 15 is 0 Å². The second-order valence-corrected chi connectivity index (χ2v) is 5.59. The van der Waals surface area contributed by atoms with Crippen LogP contribution in [0.25, 0.3) is 0 Å². The van der Waals surface area contributed by atoms with Crippen molar-refractivity contribution in [2.24, 2.45) is 11.8 Å². The van der Waals surface area contributed by atoms with Gasteiger partial charge in [0, 0.05) is 18.8 Å². The van der Waals surface area contributed by atoms with E-state index in [9.17, 15) is 0 Å². The molecule has 2 atom stereocenters. The molecular formula is C15H18N2O. The quantitative estimate of drug-likeness (QED) is 0.833. The summed E-state index contributed by atoms with van der Waals surface area (Å²) in [5.41, 5.74) is 2.07. The third-order valence-corrected chi connectivity index (χ3v) is 4.27. The van der Waals surface area contributed by atoms with Gasteiger partial charge in [-0.3, -0.25) is 0 Å². The van der Waals surface area contributed by atoms with E-state index in [1.54, 1.807) is 0 Å². The third kappa shape index (κ3) is 2.09. The maximum atomic E-state index is 9.13. The molecule has 2 fully saturated rings. The summed E-state index contributed by atoms with van der Waals surface area (Å²) in [5, 5.41) is 21.5. The van der Waals surface area contributed by atoms with Gasteiger partial charge >= 0.3 is 0 Å². The minimum absolute atomic E-state index is 0.184. The molecule has 2 N–H and O–H groups in total. The predicted molar refractivity (Wildman–Crippen MR) is 70.1 cm³/mol. The summed E-state index contributed by atoms with van der Waals surface area (Å²) in [6.07, 6.45) is 3.13. The average Bonchev–Trinajstić information content (AvgIpc) is 3.31. The zero-order chi connectivity index (χ0) is 12.6. The van der Waals surface area contributed by atoms with Crippen molar-refractivity contribution in [1.29, 1.82) is 5.26 Å². The Morgan fingerprint density at radius 3 is 2.50 bits per heavy atom. The standard InChI is InChI=1S/C15H18N2O/c16-10-15(5-6-15)13-1-3-14(4-2-13)17-8-11-7-12(11)9-18/h1-4,11-12,17-18H,5-9H2/t11?,12-/m1/s1. The summed E-state index contributed by atoms with van der Waals surface area (Å²) in [5.74, 6) is 1.13. The molecule has 94 valence electrons. The lowest BCUT2D eigenvalue weighted by atomic mass is 9.98. The van der Waals surface area contributed by atoms with Crippen molar-refractivity contribution in [3.05, 3.63) is 29.8 Å².